The summed E-state index contributed by atoms with van der Waals surface area (Å²) in [6, 6.07) is 55.0. The Morgan fingerprint density at radius 1 is 0.489 bits per heavy atom. The van der Waals surface area contributed by atoms with Crippen LogP contribution in [0.1, 0.15) is 11.8 Å². The lowest BCUT2D eigenvalue weighted by molar-refractivity contribution is 0.152. The number of hydrogen-bond donors (Lipinski definition) is 1. The molecule has 0 radical (unpaired) electrons. The van der Waals surface area contributed by atoms with Crippen LogP contribution in [0.4, 0.5) is 0 Å². The largest absolute Gasteiger partial charge is 0.369 e. The van der Waals surface area contributed by atoms with E-state index in [0.29, 0.717) is 0 Å². The molecular formula is C42H28N2O. The highest BCUT2D eigenvalue weighted by Gasteiger charge is 2.31. The van der Waals surface area contributed by atoms with E-state index in [2.05, 4.69) is 140 Å². The maximum atomic E-state index is 12.2. The standard InChI is InChI=1S/C42H28N2O/c45-42-34-25-24-31(27-14-5-1-6-15-27)32-22-13-23-33(39(32)34)41-43-40-36(44(41)42)26-35(28-16-7-2-8-17-28)37(29-18-9-3-10-19-29)38(40)30-20-11-4-12-21-30/h1-26,42,45H. The third kappa shape index (κ3) is 3.91. The van der Waals surface area contributed by atoms with Gasteiger partial charge in [0.15, 0.2) is 6.23 Å². The summed E-state index contributed by atoms with van der Waals surface area (Å²) in [5, 5.41) is 14.4. The van der Waals surface area contributed by atoms with E-state index in [0.717, 1.165) is 83.3 Å². The number of aliphatic hydroxyl groups excluding tert-OH is 1. The summed E-state index contributed by atoms with van der Waals surface area (Å²) < 4.78 is 2.03. The molecule has 0 fully saturated rings. The maximum Gasteiger partial charge on any atom is 0.159 e. The fraction of sp³-hybridized carbons (Fsp3) is 0.0238. The molecule has 1 aliphatic rings. The number of imidazole rings is 1. The van der Waals surface area contributed by atoms with Crippen LogP contribution < -0.4 is 0 Å². The quantitative estimate of drug-likeness (QED) is 0.226. The molecule has 0 saturated carbocycles. The smallest absolute Gasteiger partial charge is 0.159 e. The molecule has 0 aliphatic carbocycles. The van der Waals surface area contributed by atoms with Gasteiger partial charge in [0.1, 0.15) is 5.82 Å². The highest BCUT2D eigenvalue weighted by molar-refractivity contribution is 6.11. The first kappa shape index (κ1) is 25.7. The van der Waals surface area contributed by atoms with Gasteiger partial charge in [-0.15, -0.1) is 0 Å². The van der Waals surface area contributed by atoms with E-state index in [1.165, 1.54) is 0 Å². The van der Waals surface area contributed by atoms with Crippen molar-refractivity contribution in [3.05, 3.63) is 163 Å². The Labute approximate surface area is 261 Å². The summed E-state index contributed by atoms with van der Waals surface area (Å²) in [4.78, 5) is 5.43. The number of fused-ring (bicyclic) bond motifs is 4. The van der Waals surface area contributed by atoms with Crippen molar-refractivity contribution in [2.45, 2.75) is 6.23 Å². The molecule has 212 valence electrons. The lowest BCUT2D eigenvalue weighted by Gasteiger charge is -2.26. The third-order valence-corrected chi connectivity index (χ3v) is 9.12. The summed E-state index contributed by atoms with van der Waals surface area (Å²) in [6.07, 6.45) is -0.887. The normalized spacial score (nSPS) is 13.7. The van der Waals surface area contributed by atoms with Crippen LogP contribution in [-0.2, 0) is 0 Å². The fourth-order valence-corrected chi connectivity index (χ4v) is 7.15. The monoisotopic (exact) mass is 576 g/mol. The van der Waals surface area contributed by atoms with Crippen LogP contribution in [0.15, 0.2) is 158 Å². The minimum atomic E-state index is -0.887. The second-order valence-electron chi connectivity index (χ2n) is 11.6. The number of aliphatic hydroxyl groups is 1. The number of aromatic nitrogens is 2. The lowest BCUT2D eigenvalue weighted by atomic mass is 9.86. The lowest BCUT2D eigenvalue weighted by Crippen LogP contribution is -2.16. The predicted octanol–water partition coefficient (Wildman–Crippen LogP) is 10.4. The Balaban J connectivity index is 1.42. The Hall–Kier alpha value is -5.77. The Morgan fingerprint density at radius 2 is 1.04 bits per heavy atom. The molecule has 1 N–H and O–H groups in total. The van der Waals surface area contributed by atoms with E-state index in [-0.39, 0.29) is 0 Å². The van der Waals surface area contributed by atoms with Crippen LogP contribution in [-0.4, -0.2) is 14.7 Å². The van der Waals surface area contributed by atoms with E-state index >= 15 is 0 Å². The molecule has 1 unspecified atom stereocenters. The summed E-state index contributed by atoms with van der Waals surface area (Å²) >= 11 is 0. The number of benzene rings is 7. The van der Waals surface area contributed by atoms with Crippen LogP contribution in [0.25, 0.3) is 77.7 Å². The predicted molar refractivity (Wildman–Crippen MR) is 185 cm³/mol. The summed E-state index contributed by atoms with van der Waals surface area (Å²) in [6.45, 7) is 0. The average molecular weight is 577 g/mol. The number of hydrogen-bond acceptors (Lipinski definition) is 2. The van der Waals surface area contributed by atoms with Crippen molar-refractivity contribution >= 4 is 21.8 Å². The van der Waals surface area contributed by atoms with Gasteiger partial charge in [-0.05, 0) is 50.4 Å². The first-order chi connectivity index (χ1) is 22.3. The van der Waals surface area contributed by atoms with Crippen LogP contribution >= 0.6 is 0 Å². The number of nitrogens with zero attached hydrogens (tertiary/aromatic N) is 2. The SMILES string of the molecule is OC1c2ccc(-c3ccccc3)c3cccc(c23)-c2nc3c(-c4ccccc4)c(-c4ccccc4)c(-c4ccccc4)cc3n21. The molecule has 1 aliphatic heterocycles. The van der Waals surface area contributed by atoms with Crippen LogP contribution in [0.5, 0.6) is 0 Å². The average Bonchev–Trinajstić information content (AvgIpc) is 3.51. The zero-order chi connectivity index (χ0) is 29.9. The van der Waals surface area contributed by atoms with Gasteiger partial charge in [-0.1, -0.05) is 152 Å². The second-order valence-corrected chi connectivity index (χ2v) is 11.6. The zero-order valence-electron chi connectivity index (χ0n) is 24.4. The van der Waals surface area contributed by atoms with E-state index in [9.17, 15) is 5.11 Å². The molecule has 8 aromatic rings. The fourth-order valence-electron chi connectivity index (χ4n) is 7.15. The van der Waals surface area contributed by atoms with Gasteiger partial charge in [0.25, 0.3) is 0 Å². The molecule has 0 amide bonds. The molecule has 45 heavy (non-hydrogen) atoms. The molecule has 0 bridgehead atoms. The molecule has 3 heteroatoms. The van der Waals surface area contributed by atoms with Crippen molar-refractivity contribution in [3.8, 4) is 55.9 Å². The van der Waals surface area contributed by atoms with Gasteiger partial charge in [-0.25, -0.2) is 4.98 Å². The molecular weight excluding hydrogens is 548 g/mol. The summed E-state index contributed by atoms with van der Waals surface area (Å²) in [7, 11) is 0. The molecule has 2 heterocycles. The van der Waals surface area contributed by atoms with Gasteiger partial charge >= 0.3 is 0 Å². The highest BCUT2D eigenvalue weighted by atomic mass is 16.3. The molecule has 0 spiro atoms. The second kappa shape index (κ2) is 10.2. The van der Waals surface area contributed by atoms with Gasteiger partial charge in [-0.2, -0.15) is 0 Å². The van der Waals surface area contributed by atoms with Gasteiger partial charge in [-0.3, -0.25) is 4.57 Å². The summed E-state index contributed by atoms with van der Waals surface area (Å²) in [5.41, 5.74) is 12.6. The topological polar surface area (TPSA) is 38.1 Å². The molecule has 1 aromatic heterocycles. The van der Waals surface area contributed by atoms with Crippen molar-refractivity contribution in [2.24, 2.45) is 0 Å². The Bertz CT molecular complexity index is 2360. The van der Waals surface area contributed by atoms with Crippen LogP contribution in [0.2, 0.25) is 0 Å². The van der Waals surface area contributed by atoms with Gasteiger partial charge in [0.05, 0.1) is 11.0 Å². The minimum Gasteiger partial charge on any atom is -0.369 e. The van der Waals surface area contributed by atoms with E-state index in [1.807, 2.05) is 22.8 Å². The maximum absolute atomic E-state index is 12.2. The Morgan fingerprint density at radius 3 is 1.67 bits per heavy atom. The van der Waals surface area contributed by atoms with Crippen molar-refractivity contribution in [2.75, 3.05) is 0 Å². The zero-order valence-corrected chi connectivity index (χ0v) is 24.4. The molecule has 7 aromatic carbocycles. The van der Waals surface area contributed by atoms with Crippen LogP contribution in [0, 0.1) is 0 Å². The first-order valence-electron chi connectivity index (χ1n) is 15.3. The van der Waals surface area contributed by atoms with Gasteiger partial charge < -0.3 is 5.11 Å². The van der Waals surface area contributed by atoms with Crippen molar-refractivity contribution in [1.29, 1.82) is 0 Å². The summed E-state index contributed by atoms with van der Waals surface area (Å²) in [5.74, 6) is 0.780. The van der Waals surface area contributed by atoms with E-state index in [4.69, 9.17) is 4.98 Å². The van der Waals surface area contributed by atoms with E-state index < -0.39 is 6.23 Å². The first-order valence-corrected chi connectivity index (χ1v) is 15.3. The van der Waals surface area contributed by atoms with Crippen molar-refractivity contribution in [1.82, 2.24) is 9.55 Å². The third-order valence-electron chi connectivity index (χ3n) is 9.12. The van der Waals surface area contributed by atoms with Gasteiger partial charge in [0.2, 0.25) is 0 Å². The van der Waals surface area contributed by atoms with Crippen molar-refractivity contribution < 1.29 is 5.11 Å². The highest BCUT2D eigenvalue weighted by Crippen LogP contribution is 2.49. The molecule has 3 nitrogen and oxygen atoms in total. The minimum absolute atomic E-state index is 0.780. The molecule has 9 rings (SSSR count). The Kier molecular flexibility index (Phi) is 5.80. The van der Waals surface area contributed by atoms with Crippen molar-refractivity contribution in [3.63, 3.8) is 0 Å². The van der Waals surface area contributed by atoms with Crippen LogP contribution in [0.3, 0.4) is 0 Å². The van der Waals surface area contributed by atoms with Gasteiger partial charge in [0, 0.05) is 22.1 Å². The molecule has 1 atom stereocenters. The molecule has 0 saturated heterocycles. The number of rotatable bonds is 4. The van der Waals surface area contributed by atoms with E-state index in [1.54, 1.807) is 0 Å².